The Balaban J connectivity index is 1.84. The smallest absolute Gasteiger partial charge is 0.267 e. The molecule has 5 nitrogen and oxygen atoms in total. The summed E-state index contributed by atoms with van der Waals surface area (Å²) >= 11 is 1.30. The molecule has 0 radical (unpaired) electrons. The third-order valence-corrected chi connectivity index (χ3v) is 5.42. The summed E-state index contributed by atoms with van der Waals surface area (Å²) in [5.41, 5.74) is 3.85. The van der Waals surface area contributed by atoms with Crippen LogP contribution in [-0.2, 0) is 11.2 Å². The SMILES string of the molecule is CCc1nc(N2CCCC2=O)sc1C(=O)Nc1ccc(C)c(C)c1. The second-order valence-corrected chi connectivity index (χ2v) is 7.01. The minimum atomic E-state index is -0.162. The molecule has 1 N–H and O–H groups in total. The number of carbonyl (C=O) groups excluding carboxylic acids is 2. The number of thiazole rings is 1. The number of hydrogen-bond acceptors (Lipinski definition) is 4. The monoisotopic (exact) mass is 343 g/mol. The summed E-state index contributed by atoms with van der Waals surface area (Å²) < 4.78 is 0. The maximum absolute atomic E-state index is 12.7. The predicted octanol–water partition coefficient (Wildman–Crippen LogP) is 3.70. The molecular weight excluding hydrogens is 322 g/mol. The van der Waals surface area contributed by atoms with Crippen LogP contribution in [0.2, 0.25) is 0 Å². The number of anilines is 2. The third-order valence-electron chi connectivity index (χ3n) is 4.30. The molecule has 0 spiro atoms. The van der Waals surface area contributed by atoms with Gasteiger partial charge in [-0.25, -0.2) is 4.98 Å². The van der Waals surface area contributed by atoms with E-state index in [1.807, 2.05) is 39.0 Å². The zero-order valence-electron chi connectivity index (χ0n) is 14.2. The van der Waals surface area contributed by atoms with E-state index >= 15 is 0 Å². The molecule has 0 bridgehead atoms. The quantitative estimate of drug-likeness (QED) is 0.921. The Kier molecular flexibility index (Phi) is 4.66. The van der Waals surface area contributed by atoms with Gasteiger partial charge in [-0.15, -0.1) is 0 Å². The van der Waals surface area contributed by atoms with Gasteiger partial charge in [0.25, 0.3) is 5.91 Å². The summed E-state index contributed by atoms with van der Waals surface area (Å²) in [4.78, 5) is 31.4. The van der Waals surface area contributed by atoms with Crippen LogP contribution in [0.25, 0.3) is 0 Å². The number of rotatable bonds is 4. The zero-order valence-corrected chi connectivity index (χ0v) is 15.0. The number of hydrogen-bond donors (Lipinski definition) is 1. The first kappa shape index (κ1) is 16.6. The number of amides is 2. The van der Waals surface area contributed by atoms with Crippen molar-refractivity contribution in [2.24, 2.45) is 0 Å². The predicted molar refractivity (Wildman–Crippen MR) is 96.9 cm³/mol. The molecule has 126 valence electrons. The molecule has 1 aliphatic rings. The van der Waals surface area contributed by atoms with E-state index in [-0.39, 0.29) is 11.8 Å². The molecule has 6 heteroatoms. The van der Waals surface area contributed by atoms with Gasteiger partial charge >= 0.3 is 0 Å². The Morgan fingerprint density at radius 3 is 2.75 bits per heavy atom. The minimum absolute atomic E-state index is 0.0903. The van der Waals surface area contributed by atoms with Gasteiger partial charge in [-0.3, -0.25) is 14.5 Å². The van der Waals surface area contributed by atoms with Crippen molar-refractivity contribution in [2.75, 3.05) is 16.8 Å². The van der Waals surface area contributed by atoms with Crippen molar-refractivity contribution in [1.29, 1.82) is 0 Å². The van der Waals surface area contributed by atoms with E-state index < -0.39 is 0 Å². The molecule has 2 heterocycles. The van der Waals surface area contributed by atoms with Crippen LogP contribution in [0.3, 0.4) is 0 Å². The first-order valence-corrected chi connectivity index (χ1v) is 9.00. The molecule has 0 atom stereocenters. The maximum atomic E-state index is 12.7. The normalized spacial score (nSPS) is 14.3. The Morgan fingerprint density at radius 2 is 2.12 bits per heavy atom. The van der Waals surface area contributed by atoms with Gasteiger partial charge in [-0.1, -0.05) is 24.3 Å². The molecule has 3 rings (SSSR count). The van der Waals surface area contributed by atoms with Gasteiger partial charge in [0.05, 0.1) is 5.69 Å². The Labute approximate surface area is 145 Å². The number of carbonyl (C=O) groups is 2. The van der Waals surface area contributed by atoms with Gasteiger partial charge in [0.1, 0.15) is 4.88 Å². The summed E-state index contributed by atoms with van der Waals surface area (Å²) in [6.07, 6.45) is 2.07. The second-order valence-electron chi connectivity index (χ2n) is 6.03. The molecule has 1 saturated heterocycles. The Morgan fingerprint density at radius 1 is 1.33 bits per heavy atom. The topological polar surface area (TPSA) is 62.3 Å². The zero-order chi connectivity index (χ0) is 17.3. The molecule has 1 fully saturated rings. The van der Waals surface area contributed by atoms with E-state index in [9.17, 15) is 9.59 Å². The number of aromatic nitrogens is 1. The highest BCUT2D eigenvalue weighted by molar-refractivity contribution is 7.18. The van der Waals surface area contributed by atoms with Crippen molar-refractivity contribution in [1.82, 2.24) is 4.98 Å². The lowest BCUT2D eigenvalue weighted by molar-refractivity contribution is -0.117. The van der Waals surface area contributed by atoms with Crippen LogP contribution in [0.4, 0.5) is 10.8 Å². The average Bonchev–Trinajstić information content (AvgIpc) is 3.16. The number of nitrogens with zero attached hydrogens (tertiary/aromatic N) is 2. The van der Waals surface area contributed by atoms with E-state index in [0.717, 1.165) is 23.4 Å². The lowest BCUT2D eigenvalue weighted by atomic mass is 10.1. The summed E-state index contributed by atoms with van der Waals surface area (Å²) in [5, 5.41) is 3.58. The van der Waals surface area contributed by atoms with Crippen molar-refractivity contribution >= 4 is 34.0 Å². The molecule has 0 aliphatic carbocycles. The van der Waals surface area contributed by atoms with Crippen LogP contribution in [-0.4, -0.2) is 23.3 Å². The van der Waals surface area contributed by atoms with Crippen LogP contribution >= 0.6 is 11.3 Å². The largest absolute Gasteiger partial charge is 0.321 e. The molecule has 0 saturated carbocycles. The standard InChI is InChI=1S/C18H21N3O2S/c1-4-14-16(24-18(20-14)21-9-5-6-15(21)22)17(23)19-13-8-7-11(2)12(3)10-13/h7-8,10H,4-6,9H2,1-3H3,(H,19,23). The van der Waals surface area contributed by atoms with Crippen molar-refractivity contribution in [3.05, 3.63) is 39.9 Å². The highest BCUT2D eigenvalue weighted by Gasteiger charge is 2.27. The molecule has 24 heavy (non-hydrogen) atoms. The molecular formula is C18H21N3O2S. The van der Waals surface area contributed by atoms with Gasteiger partial charge in [-0.2, -0.15) is 0 Å². The summed E-state index contributed by atoms with van der Waals surface area (Å²) in [6, 6.07) is 5.86. The number of benzene rings is 1. The van der Waals surface area contributed by atoms with Gasteiger partial charge in [-0.05, 0) is 49.9 Å². The average molecular weight is 343 g/mol. The molecule has 2 aromatic rings. The van der Waals surface area contributed by atoms with Gasteiger partial charge in [0.15, 0.2) is 5.13 Å². The van der Waals surface area contributed by atoms with E-state index in [1.165, 1.54) is 16.9 Å². The summed E-state index contributed by atoms with van der Waals surface area (Å²) in [7, 11) is 0. The van der Waals surface area contributed by atoms with Gasteiger partial charge < -0.3 is 5.32 Å². The van der Waals surface area contributed by atoms with Crippen LogP contribution < -0.4 is 10.2 Å². The first-order chi connectivity index (χ1) is 11.5. The highest BCUT2D eigenvalue weighted by atomic mass is 32.1. The Hall–Kier alpha value is -2.21. The van der Waals surface area contributed by atoms with Crippen molar-refractivity contribution in [3.8, 4) is 0 Å². The van der Waals surface area contributed by atoms with Crippen LogP contribution in [0.5, 0.6) is 0 Å². The Bertz CT molecular complexity index is 798. The van der Waals surface area contributed by atoms with Gasteiger partial charge in [0.2, 0.25) is 5.91 Å². The first-order valence-electron chi connectivity index (χ1n) is 8.18. The van der Waals surface area contributed by atoms with Crippen molar-refractivity contribution < 1.29 is 9.59 Å². The van der Waals surface area contributed by atoms with Crippen molar-refractivity contribution in [3.63, 3.8) is 0 Å². The lowest BCUT2D eigenvalue weighted by Gasteiger charge is -2.10. The van der Waals surface area contributed by atoms with Crippen molar-refractivity contribution in [2.45, 2.75) is 40.0 Å². The number of nitrogens with one attached hydrogen (secondary N) is 1. The van der Waals surface area contributed by atoms with Crippen LogP contribution in [0.1, 0.15) is 46.3 Å². The van der Waals surface area contributed by atoms with E-state index in [2.05, 4.69) is 10.3 Å². The third kappa shape index (κ3) is 3.19. The second kappa shape index (κ2) is 6.73. The molecule has 1 aliphatic heterocycles. The van der Waals surface area contributed by atoms with E-state index in [1.54, 1.807) is 4.90 Å². The van der Waals surface area contributed by atoms with Crippen LogP contribution in [0.15, 0.2) is 18.2 Å². The van der Waals surface area contributed by atoms with Crippen LogP contribution in [0, 0.1) is 13.8 Å². The molecule has 1 aromatic heterocycles. The van der Waals surface area contributed by atoms with E-state index in [4.69, 9.17) is 0 Å². The van der Waals surface area contributed by atoms with Gasteiger partial charge in [0, 0.05) is 18.7 Å². The maximum Gasteiger partial charge on any atom is 0.267 e. The lowest BCUT2D eigenvalue weighted by Crippen LogP contribution is -2.23. The fraction of sp³-hybridized carbons (Fsp3) is 0.389. The van der Waals surface area contributed by atoms with E-state index in [0.29, 0.717) is 29.4 Å². The minimum Gasteiger partial charge on any atom is -0.321 e. The summed E-state index contributed by atoms with van der Waals surface area (Å²) in [5.74, 6) is -0.0713. The molecule has 2 amide bonds. The number of aryl methyl sites for hydroxylation is 3. The molecule has 0 unspecified atom stereocenters. The summed E-state index contributed by atoms with van der Waals surface area (Å²) in [6.45, 7) is 6.72. The fourth-order valence-corrected chi connectivity index (χ4v) is 3.82. The fourth-order valence-electron chi connectivity index (χ4n) is 2.73. The highest BCUT2D eigenvalue weighted by Crippen LogP contribution is 2.30. The molecule has 1 aromatic carbocycles.